The van der Waals surface area contributed by atoms with Crippen molar-refractivity contribution in [2.24, 2.45) is 5.84 Å². The van der Waals surface area contributed by atoms with E-state index in [1.165, 1.54) is 11.1 Å². The van der Waals surface area contributed by atoms with Crippen LogP contribution in [0.1, 0.15) is 36.4 Å². The number of carbonyl (C=O) groups is 2. The first-order valence-corrected chi connectivity index (χ1v) is 9.80. The van der Waals surface area contributed by atoms with Crippen LogP contribution in [0.2, 0.25) is 0 Å². The number of hydrazine groups is 1. The number of hydrogen-bond acceptors (Lipinski definition) is 4. The highest BCUT2D eigenvalue weighted by molar-refractivity contribution is 5.78. The Morgan fingerprint density at radius 3 is 1.89 bits per heavy atom. The van der Waals surface area contributed by atoms with Gasteiger partial charge in [0.1, 0.15) is 0 Å². The van der Waals surface area contributed by atoms with Gasteiger partial charge in [-0.1, -0.05) is 60.7 Å². The van der Waals surface area contributed by atoms with Crippen molar-refractivity contribution in [1.29, 1.82) is 0 Å². The van der Waals surface area contributed by atoms with Crippen LogP contribution in [0.3, 0.4) is 0 Å². The molecule has 1 saturated heterocycles. The van der Waals surface area contributed by atoms with Crippen molar-refractivity contribution in [1.82, 2.24) is 15.2 Å². The minimum Gasteiger partial charge on any atom is -0.340 e. The van der Waals surface area contributed by atoms with E-state index in [1.54, 1.807) is 0 Å². The summed E-state index contributed by atoms with van der Waals surface area (Å²) in [5, 5.41) is 0. The van der Waals surface area contributed by atoms with E-state index in [-0.39, 0.29) is 24.3 Å². The summed E-state index contributed by atoms with van der Waals surface area (Å²) in [4.78, 5) is 28.0. The quantitative estimate of drug-likeness (QED) is 0.438. The van der Waals surface area contributed by atoms with Gasteiger partial charge in [-0.2, -0.15) is 0 Å². The molecule has 0 spiro atoms. The number of nitrogens with one attached hydrogen (secondary N) is 1. The van der Waals surface area contributed by atoms with E-state index in [4.69, 9.17) is 5.84 Å². The van der Waals surface area contributed by atoms with Crippen molar-refractivity contribution in [3.8, 4) is 0 Å². The molecule has 3 N–H and O–H groups in total. The number of nitrogens with zero attached hydrogens (tertiary/aromatic N) is 2. The zero-order valence-corrected chi connectivity index (χ0v) is 16.1. The minimum absolute atomic E-state index is 0.112. The Balaban J connectivity index is 1.61. The van der Waals surface area contributed by atoms with E-state index in [0.717, 1.165) is 13.1 Å². The molecule has 6 nitrogen and oxygen atoms in total. The Morgan fingerprint density at radius 2 is 1.39 bits per heavy atom. The lowest BCUT2D eigenvalue weighted by molar-refractivity contribution is -0.133. The predicted molar refractivity (Wildman–Crippen MR) is 109 cm³/mol. The summed E-state index contributed by atoms with van der Waals surface area (Å²) in [5.74, 6) is 4.95. The van der Waals surface area contributed by atoms with Gasteiger partial charge in [0, 0.05) is 39.0 Å². The SMILES string of the molecule is NNC(=O)CCCC(=O)N1CCN(C(c2ccccc2)c2ccccc2)CC1. The van der Waals surface area contributed by atoms with Gasteiger partial charge < -0.3 is 4.90 Å². The highest BCUT2D eigenvalue weighted by Crippen LogP contribution is 2.29. The normalized spacial score (nSPS) is 14.9. The fourth-order valence-corrected chi connectivity index (χ4v) is 3.74. The molecular formula is C22H28N4O2. The number of nitrogens with two attached hydrogens (primary N) is 1. The maximum absolute atomic E-state index is 12.4. The number of hydrogen-bond donors (Lipinski definition) is 2. The zero-order chi connectivity index (χ0) is 19.8. The average Bonchev–Trinajstić information content (AvgIpc) is 2.75. The van der Waals surface area contributed by atoms with Crippen LogP contribution < -0.4 is 11.3 Å². The highest BCUT2D eigenvalue weighted by atomic mass is 16.2. The molecular weight excluding hydrogens is 352 g/mol. The van der Waals surface area contributed by atoms with Crippen molar-refractivity contribution in [2.75, 3.05) is 26.2 Å². The maximum Gasteiger partial charge on any atom is 0.233 e. The lowest BCUT2D eigenvalue weighted by Crippen LogP contribution is -2.49. The van der Waals surface area contributed by atoms with Gasteiger partial charge in [-0.25, -0.2) is 5.84 Å². The van der Waals surface area contributed by atoms with Crippen molar-refractivity contribution in [2.45, 2.75) is 25.3 Å². The summed E-state index contributed by atoms with van der Waals surface area (Å²) in [6.45, 7) is 3.06. The van der Waals surface area contributed by atoms with E-state index in [2.05, 4.69) is 58.9 Å². The van der Waals surface area contributed by atoms with Crippen LogP contribution in [-0.4, -0.2) is 47.8 Å². The van der Waals surface area contributed by atoms with Crippen molar-refractivity contribution >= 4 is 11.8 Å². The lowest BCUT2D eigenvalue weighted by Gasteiger charge is -2.40. The summed E-state index contributed by atoms with van der Waals surface area (Å²) in [5.41, 5.74) is 4.63. The fourth-order valence-electron chi connectivity index (χ4n) is 3.74. The van der Waals surface area contributed by atoms with Gasteiger partial charge in [0.25, 0.3) is 0 Å². The van der Waals surface area contributed by atoms with Crippen LogP contribution in [-0.2, 0) is 9.59 Å². The molecule has 2 aromatic carbocycles. The van der Waals surface area contributed by atoms with E-state index in [9.17, 15) is 9.59 Å². The molecule has 0 atom stereocenters. The Kier molecular flexibility index (Phi) is 7.17. The topological polar surface area (TPSA) is 78.7 Å². The molecule has 1 fully saturated rings. The summed E-state index contributed by atoms with van der Waals surface area (Å²) >= 11 is 0. The molecule has 2 amide bonds. The van der Waals surface area contributed by atoms with Crippen LogP contribution in [0.5, 0.6) is 0 Å². The summed E-state index contributed by atoms with van der Waals surface area (Å²) < 4.78 is 0. The van der Waals surface area contributed by atoms with Gasteiger partial charge in [0.2, 0.25) is 11.8 Å². The largest absolute Gasteiger partial charge is 0.340 e. The number of benzene rings is 2. The molecule has 1 aliphatic heterocycles. The van der Waals surface area contributed by atoms with Crippen molar-refractivity contribution in [3.63, 3.8) is 0 Å². The molecule has 1 aliphatic rings. The van der Waals surface area contributed by atoms with E-state index in [0.29, 0.717) is 25.9 Å². The van der Waals surface area contributed by atoms with Gasteiger partial charge in [-0.15, -0.1) is 0 Å². The lowest BCUT2D eigenvalue weighted by atomic mass is 9.96. The van der Waals surface area contributed by atoms with Gasteiger partial charge in [0.15, 0.2) is 0 Å². The molecule has 0 saturated carbocycles. The van der Waals surface area contributed by atoms with E-state index < -0.39 is 0 Å². The Hall–Kier alpha value is -2.70. The minimum atomic E-state index is -0.230. The molecule has 3 rings (SSSR count). The smallest absolute Gasteiger partial charge is 0.233 e. The first kappa shape index (κ1) is 20.0. The van der Waals surface area contributed by atoms with Gasteiger partial charge in [-0.05, 0) is 17.5 Å². The number of piperazine rings is 1. The molecule has 28 heavy (non-hydrogen) atoms. The molecule has 2 aromatic rings. The van der Waals surface area contributed by atoms with Gasteiger partial charge in [-0.3, -0.25) is 19.9 Å². The summed E-state index contributed by atoms with van der Waals surface area (Å²) in [6, 6.07) is 21.2. The van der Waals surface area contributed by atoms with E-state index in [1.807, 2.05) is 17.0 Å². The van der Waals surface area contributed by atoms with Crippen LogP contribution >= 0.6 is 0 Å². The second kappa shape index (κ2) is 10.0. The molecule has 6 heteroatoms. The average molecular weight is 380 g/mol. The molecule has 0 aromatic heterocycles. The molecule has 0 radical (unpaired) electrons. The number of carbonyl (C=O) groups excluding carboxylic acids is 2. The Labute approximate surface area is 166 Å². The number of rotatable bonds is 7. The Morgan fingerprint density at radius 1 is 0.857 bits per heavy atom. The summed E-state index contributed by atoms with van der Waals surface area (Å²) in [7, 11) is 0. The predicted octanol–water partition coefficient (Wildman–Crippen LogP) is 2.08. The third-order valence-corrected chi connectivity index (χ3v) is 5.22. The van der Waals surface area contributed by atoms with Crippen molar-refractivity contribution in [3.05, 3.63) is 71.8 Å². The molecule has 0 unspecified atom stereocenters. The van der Waals surface area contributed by atoms with Crippen LogP contribution in [0.25, 0.3) is 0 Å². The first-order valence-electron chi connectivity index (χ1n) is 9.80. The zero-order valence-electron chi connectivity index (χ0n) is 16.1. The highest BCUT2D eigenvalue weighted by Gasteiger charge is 2.27. The standard InChI is InChI=1S/C22H28N4O2/c23-24-20(27)12-7-13-21(28)25-14-16-26(17-15-25)22(18-8-3-1-4-9-18)19-10-5-2-6-11-19/h1-6,8-11,22H,7,12-17,23H2,(H,24,27). The second-order valence-electron chi connectivity index (χ2n) is 7.06. The van der Waals surface area contributed by atoms with Gasteiger partial charge >= 0.3 is 0 Å². The number of amides is 2. The molecule has 148 valence electrons. The fraction of sp³-hybridized carbons (Fsp3) is 0.364. The van der Waals surface area contributed by atoms with E-state index >= 15 is 0 Å². The molecule has 0 bridgehead atoms. The van der Waals surface area contributed by atoms with Crippen LogP contribution in [0.4, 0.5) is 0 Å². The maximum atomic E-state index is 12.4. The van der Waals surface area contributed by atoms with Crippen molar-refractivity contribution < 1.29 is 9.59 Å². The molecule has 0 aliphatic carbocycles. The van der Waals surface area contributed by atoms with Crippen LogP contribution in [0, 0.1) is 0 Å². The third-order valence-electron chi connectivity index (χ3n) is 5.22. The summed E-state index contributed by atoms with van der Waals surface area (Å²) in [6.07, 6.45) is 1.19. The Bertz CT molecular complexity index is 719. The first-order chi connectivity index (χ1) is 13.7. The van der Waals surface area contributed by atoms with Gasteiger partial charge in [0.05, 0.1) is 6.04 Å². The van der Waals surface area contributed by atoms with Crippen LogP contribution in [0.15, 0.2) is 60.7 Å². The monoisotopic (exact) mass is 380 g/mol. The molecule has 1 heterocycles. The third kappa shape index (κ3) is 5.18. The second-order valence-corrected chi connectivity index (χ2v) is 7.06.